The fraction of sp³-hybridized carbons (Fsp3) is 0.235. The van der Waals surface area contributed by atoms with Gasteiger partial charge >= 0.3 is 0 Å². The number of para-hydroxylation sites is 2. The minimum atomic E-state index is -0.100. The summed E-state index contributed by atoms with van der Waals surface area (Å²) in [5, 5.41) is 6.98. The fourth-order valence-corrected chi connectivity index (χ4v) is 2.96. The van der Waals surface area contributed by atoms with Crippen LogP contribution in [0.4, 0.5) is 5.95 Å². The molecule has 0 saturated carbocycles. The number of rotatable bonds is 4. The number of fused-ring (bicyclic) bond motifs is 2. The van der Waals surface area contributed by atoms with Gasteiger partial charge in [0.1, 0.15) is 6.33 Å². The molecule has 1 amide bonds. The summed E-state index contributed by atoms with van der Waals surface area (Å²) in [5.41, 5.74) is 4.56. The van der Waals surface area contributed by atoms with E-state index in [0.717, 1.165) is 28.0 Å². The number of amides is 1. The van der Waals surface area contributed by atoms with Crippen LogP contribution >= 0.6 is 0 Å². The zero-order valence-electron chi connectivity index (χ0n) is 13.9. The van der Waals surface area contributed by atoms with Crippen LogP contribution in [0.15, 0.2) is 30.6 Å². The SMILES string of the molecule is Cc1nc2ncnn2c(C)c1CCC(=O)Nc1nc2ccccc2[nH]1. The summed E-state index contributed by atoms with van der Waals surface area (Å²) in [6, 6.07) is 7.65. The molecule has 0 spiro atoms. The molecule has 3 heterocycles. The molecule has 0 radical (unpaired) electrons. The van der Waals surface area contributed by atoms with Gasteiger partial charge in [0.15, 0.2) is 0 Å². The third-order valence-electron chi connectivity index (χ3n) is 4.24. The van der Waals surface area contributed by atoms with Gasteiger partial charge in [0.2, 0.25) is 11.9 Å². The molecule has 0 saturated heterocycles. The van der Waals surface area contributed by atoms with Gasteiger partial charge < -0.3 is 4.98 Å². The van der Waals surface area contributed by atoms with Crippen molar-refractivity contribution >= 4 is 28.7 Å². The third kappa shape index (κ3) is 2.82. The van der Waals surface area contributed by atoms with E-state index in [1.54, 1.807) is 4.52 Å². The predicted molar refractivity (Wildman–Crippen MR) is 93.3 cm³/mol. The van der Waals surface area contributed by atoms with Crippen LogP contribution in [0.5, 0.6) is 0 Å². The number of aryl methyl sites for hydroxylation is 2. The monoisotopic (exact) mass is 335 g/mol. The van der Waals surface area contributed by atoms with Crippen molar-refractivity contribution in [3.8, 4) is 0 Å². The van der Waals surface area contributed by atoms with E-state index >= 15 is 0 Å². The lowest BCUT2D eigenvalue weighted by molar-refractivity contribution is -0.116. The summed E-state index contributed by atoms with van der Waals surface area (Å²) in [4.78, 5) is 28.2. The van der Waals surface area contributed by atoms with Crippen LogP contribution in [0.25, 0.3) is 16.8 Å². The number of anilines is 1. The van der Waals surface area contributed by atoms with E-state index in [2.05, 4.69) is 30.4 Å². The first-order valence-corrected chi connectivity index (χ1v) is 8.02. The first kappa shape index (κ1) is 15.3. The normalized spacial score (nSPS) is 11.3. The molecule has 2 N–H and O–H groups in total. The lowest BCUT2D eigenvalue weighted by Gasteiger charge is -2.10. The van der Waals surface area contributed by atoms with E-state index < -0.39 is 0 Å². The Bertz CT molecular complexity index is 1050. The van der Waals surface area contributed by atoms with Crippen LogP contribution in [0.1, 0.15) is 23.4 Å². The minimum absolute atomic E-state index is 0.100. The highest BCUT2D eigenvalue weighted by Gasteiger charge is 2.13. The van der Waals surface area contributed by atoms with Crippen molar-refractivity contribution in [2.45, 2.75) is 26.7 Å². The molecule has 3 aromatic heterocycles. The van der Waals surface area contributed by atoms with Crippen LogP contribution in [-0.4, -0.2) is 35.5 Å². The first-order valence-electron chi connectivity index (χ1n) is 8.02. The molecule has 126 valence electrons. The molecule has 0 aliphatic rings. The van der Waals surface area contributed by atoms with Gasteiger partial charge in [-0.1, -0.05) is 12.1 Å². The zero-order valence-corrected chi connectivity index (χ0v) is 13.9. The standard InChI is InChI=1S/C17H17N7O/c1-10-12(11(2)24-17(20-10)18-9-19-24)7-8-15(25)23-16-21-13-5-3-4-6-14(13)22-16/h3-6,9H,7-8H2,1-2H3,(H2,21,22,23,25). The minimum Gasteiger partial charge on any atom is -0.324 e. The second kappa shape index (κ2) is 5.97. The largest absolute Gasteiger partial charge is 0.324 e. The molecule has 0 atom stereocenters. The summed E-state index contributed by atoms with van der Waals surface area (Å²) in [6.07, 6.45) is 2.39. The second-order valence-electron chi connectivity index (χ2n) is 5.88. The number of benzene rings is 1. The number of carbonyl (C=O) groups is 1. The number of nitrogens with zero attached hydrogens (tertiary/aromatic N) is 5. The Hall–Kier alpha value is -3.29. The average Bonchev–Trinajstić information content (AvgIpc) is 3.20. The highest BCUT2D eigenvalue weighted by atomic mass is 16.1. The molecule has 4 rings (SSSR count). The topological polar surface area (TPSA) is 101 Å². The molecule has 1 aromatic carbocycles. The Morgan fingerprint density at radius 2 is 2.08 bits per heavy atom. The molecule has 0 aliphatic heterocycles. The number of H-pyrrole nitrogens is 1. The molecule has 8 nitrogen and oxygen atoms in total. The summed E-state index contributed by atoms with van der Waals surface area (Å²) in [7, 11) is 0. The molecular weight excluding hydrogens is 318 g/mol. The predicted octanol–water partition coefficient (Wildman–Crippen LogP) is 2.19. The van der Waals surface area contributed by atoms with Gasteiger partial charge in [-0.2, -0.15) is 10.1 Å². The Balaban J connectivity index is 1.48. The van der Waals surface area contributed by atoms with Gasteiger partial charge in [-0.25, -0.2) is 14.5 Å². The molecule has 0 bridgehead atoms. The van der Waals surface area contributed by atoms with Gasteiger partial charge in [0, 0.05) is 17.8 Å². The van der Waals surface area contributed by atoms with Crippen molar-refractivity contribution in [2.24, 2.45) is 0 Å². The summed E-state index contributed by atoms with van der Waals surface area (Å²) in [5.74, 6) is 0.937. The Morgan fingerprint density at radius 1 is 1.24 bits per heavy atom. The van der Waals surface area contributed by atoms with E-state index in [0.29, 0.717) is 24.6 Å². The van der Waals surface area contributed by atoms with Crippen LogP contribution in [0.3, 0.4) is 0 Å². The van der Waals surface area contributed by atoms with Crippen LogP contribution in [-0.2, 0) is 11.2 Å². The highest BCUT2D eigenvalue weighted by Crippen LogP contribution is 2.16. The van der Waals surface area contributed by atoms with Crippen molar-refractivity contribution in [3.05, 3.63) is 47.5 Å². The van der Waals surface area contributed by atoms with Crippen molar-refractivity contribution in [1.29, 1.82) is 0 Å². The second-order valence-corrected chi connectivity index (χ2v) is 5.88. The van der Waals surface area contributed by atoms with Crippen molar-refractivity contribution < 1.29 is 4.79 Å². The average molecular weight is 335 g/mol. The van der Waals surface area contributed by atoms with E-state index in [-0.39, 0.29) is 5.91 Å². The smallest absolute Gasteiger partial charge is 0.252 e. The summed E-state index contributed by atoms with van der Waals surface area (Å²) < 4.78 is 1.69. The maximum Gasteiger partial charge on any atom is 0.252 e. The van der Waals surface area contributed by atoms with E-state index in [1.807, 2.05) is 38.1 Å². The van der Waals surface area contributed by atoms with Crippen molar-refractivity contribution in [3.63, 3.8) is 0 Å². The van der Waals surface area contributed by atoms with Crippen LogP contribution < -0.4 is 5.32 Å². The Kier molecular flexibility index (Phi) is 3.64. The van der Waals surface area contributed by atoms with Gasteiger partial charge in [-0.15, -0.1) is 0 Å². The van der Waals surface area contributed by atoms with Crippen molar-refractivity contribution in [1.82, 2.24) is 29.5 Å². The molecule has 0 unspecified atom stereocenters. The number of hydrogen-bond acceptors (Lipinski definition) is 5. The lowest BCUT2D eigenvalue weighted by atomic mass is 10.1. The number of nitrogens with one attached hydrogen (secondary N) is 2. The molecule has 0 fully saturated rings. The van der Waals surface area contributed by atoms with E-state index in [1.165, 1.54) is 6.33 Å². The first-order chi connectivity index (χ1) is 12.1. The number of carbonyl (C=O) groups excluding carboxylic acids is 1. The van der Waals surface area contributed by atoms with Gasteiger partial charge in [0.25, 0.3) is 5.78 Å². The quantitative estimate of drug-likeness (QED) is 0.595. The third-order valence-corrected chi connectivity index (χ3v) is 4.24. The number of hydrogen-bond donors (Lipinski definition) is 2. The fourth-order valence-electron chi connectivity index (χ4n) is 2.96. The van der Waals surface area contributed by atoms with Crippen molar-refractivity contribution in [2.75, 3.05) is 5.32 Å². The number of imidazole rings is 1. The molecule has 4 aromatic rings. The van der Waals surface area contributed by atoms with Gasteiger partial charge in [-0.05, 0) is 38.0 Å². The Labute approximate surface area is 143 Å². The summed E-state index contributed by atoms with van der Waals surface area (Å²) in [6.45, 7) is 3.89. The zero-order chi connectivity index (χ0) is 17.4. The van der Waals surface area contributed by atoms with Gasteiger partial charge in [0.05, 0.1) is 11.0 Å². The molecule has 8 heteroatoms. The highest BCUT2D eigenvalue weighted by molar-refractivity contribution is 5.91. The van der Waals surface area contributed by atoms with E-state index in [9.17, 15) is 4.79 Å². The number of aromatic nitrogens is 6. The van der Waals surface area contributed by atoms with Crippen LogP contribution in [0, 0.1) is 13.8 Å². The number of aromatic amines is 1. The molecule has 0 aliphatic carbocycles. The Morgan fingerprint density at radius 3 is 2.92 bits per heavy atom. The van der Waals surface area contributed by atoms with Crippen LogP contribution in [0.2, 0.25) is 0 Å². The molecule has 25 heavy (non-hydrogen) atoms. The maximum absolute atomic E-state index is 12.3. The molecular formula is C17H17N7O. The summed E-state index contributed by atoms with van der Waals surface area (Å²) >= 11 is 0. The van der Waals surface area contributed by atoms with Gasteiger partial charge in [-0.3, -0.25) is 10.1 Å². The van der Waals surface area contributed by atoms with E-state index in [4.69, 9.17) is 0 Å². The lowest BCUT2D eigenvalue weighted by Crippen LogP contribution is -2.15. The maximum atomic E-state index is 12.3.